The Labute approximate surface area is 111 Å². The van der Waals surface area contributed by atoms with E-state index in [0.29, 0.717) is 16.2 Å². The Hall–Kier alpha value is -0.250. The Morgan fingerprint density at radius 1 is 1.47 bits per heavy atom. The third kappa shape index (κ3) is 2.33. The molecule has 0 fully saturated rings. The summed E-state index contributed by atoms with van der Waals surface area (Å²) in [6.07, 6.45) is 0. The molecule has 0 saturated carbocycles. The first-order valence-electron chi connectivity index (χ1n) is 5.82. The van der Waals surface area contributed by atoms with Crippen LogP contribution in [0.3, 0.4) is 0 Å². The summed E-state index contributed by atoms with van der Waals surface area (Å²) >= 11 is 8.01. The highest BCUT2D eigenvalue weighted by Crippen LogP contribution is 2.44. The predicted octanol–water partition coefficient (Wildman–Crippen LogP) is 4.01. The van der Waals surface area contributed by atoms with Gasteiger partial charge in [0.25, 0.3) is 0 Å². The first-order chi connectivity index (χ1) is 8.06. The first kappa shape index (κ1) is 13.2. The number of hydrogen-bond acceptors (Lipinski definition) is 2. The third-order valence-corrected chi connectivity index (χ3v) is 5.29. The van der Waals surface area contributed by atoms with Crippen molar-refractivity contribution in [1.29, 1.82) is 0 Å². The molecule has 0 bridgehead atoms. The van der Waals surface area contributed by atoms with Gasteiger partial charge in [-0.3, -0.25) is 0 Å². The maximum absolute atomic E-state index is 14.0. The van der Waals surface area contributed by atoms with E-state index in [1.165, 1.54) is 6.07 Å². The van der Waals surface area contributed by atoms with Crippen LogP contribution < -0.4 is 5.32 Å². The fraction of sp³-hybridized carbons (Fsp3) is 0.538. The number of rotatable bonds is 2. The molecule has 0 amide bonds. The van der Waals surface area contributed by atoms with Gasteiger partial charge in [-0.15, -0.1) is 0 Å². The average Bonchev–Trinajstić information content (AvgIpc) is 2.32. The van der Waals surface area contributed by atoms with Gasteiger partial charge in [-0.2, -0.15) is 11.8 Å². The summed E-state index contributed by atoms with van der Waals surface area (Å²) in [5.41, 5.74) is 1.71. The Morgan fingerprint density at radius 2 is 2.18 bits per heavy atom. The number of fused-ring (bicyclic) bond motifs is 1. The highest BCUT2D eigenvalue weighted by molar-refractivity contribution is 7.99. The van der Waals surface area contributed by atoms with Gasteiger partial charge in [-0.1, -0.05) is 25.4 Å². The molecule has 1 aliphatic heterocycles. The summed E-state index contributed by atoms with van der Waals surface area (Å²) in [4.78, 5) is 0. The summed E-state index contributed by atoms with van der Waals surface area (Å²) in [5, 5.41) is 4.31. The molecule has 0 aliphatic carbocycles. The smallest absolute Gasteiger partial charge is 0.128 e. The Kier molecular flexibility index (Phi) is 4.01. The monoisotopic (exact) mass is 273 g/mol. The summed E-state index contributed by atoms with van der Waals surface area (Å²) in [6, 6.07) is 3.17. The summed E-state index contributed by atoms with van der Waals surface area (Å²) < 4.78 is 14.0. The van der Waals surface area contributed by atoms with Crippen LogP contribution in [0.1, 0.15) is 31.0 Å². The van der Waals surface area contributed by atoms with Crippen LogP contribution in [0.5, 0.6) is 0 Å². The lowest BCUT2D eigenvalue weighted by Crippen LogP contribution is -2.35. The largest absolute Gasteiger partial charge is 0.312 e. The Balaban J connectivity index is 2.50. The SMILES string of the molecule is CNC1c2c(F)ccc(Cl)c2CSC1C(C)C. The van der Waals surface area contributed by atoms with Crippen molar-refractivity contribution < 1.29 is 4.39 Å². The van der Waals surface area contributed by atoms with Crippen LogP contribution in [0.4, 0.5) is 4.39 Å². The van der Waals surface area contributed by atoms with E-state index in [9.17, 15) is 4.39 Å². The standard InChI is InChI=1S/C13H17ClFNS/c1-7(2)13-12(16-3)11-8(6-17-13)9(14)4-5-10(11)15/h4-5,7,12-13,16H,6H2,1-3H3. The molecule has 1 nitrogen and oxygen atoms in total. The number of hydrogen-bond donors (Lipinski definition) is 1. The van der Waals surface area contributed by atoms with Gasteiger partial charge in [-0.05, 0) is 30.7 Å². The molecule has 17 heavy (non-hydrogen) atoms. The molecular formula is C13H17ClFNS. The van der Waals surface area contributed by atoms with Crippen LogP contribution in [0, 0.1) is 11.7 Å². The maximum atomic E-state index is 14.0. The second-order valence-corrected chi connectivity index (χ2v) is 6.28. The van der Waals surface area contributed by atoms with Crippen LogP contribution in [-0.4, -0.2) is 12.3 Å². The van der Waals surface area contributed by atoms with E-state index in [1.807, 2.05) is 18.8 Å². The van der Waals surface area contributed by atoms with E-state index in [-0.39, 0.29) is 11.9 Å². The zero-order valence-electron chi connectivity index (χ0n) is 10.3. The fourth-order valence-electron chi connectivity index (χ4n) is 2.42. The van der Waals surface area contributed by atoms with Crippen LogP contribution >= 0.6 is 23.4 Å². The molecule has 1 heterocycles. The minimum Gasteiger partial charge on any atom is -0.312 e. The molecule has 0 aromatic heterocycles. The maximum Gasteiger partial charge on any atom is 0.128 e. The zero-order chi connectivity index (χ0) is 12.6. The lowest BCUT2D eigenvalue weighted by molar-refractivity contribution is 0.447. The second kappa shape index (κ2) is 5.17. The van der Waals surface area contributed by atoms with Gasteiger partial charge in [-0.25, -0.2) is 4.39 Å². The van der Waals surface area contributed by atoms with Gasteiger partial charge < -0.3 is 5.32 Å². The molecule has 2 atom stereocenters. The van der Waals surface area contributed by atoms with Crippen molar-refractivity contribution in [3.05, 3.63) is 34.1 Å². The Bertz CT molecular complexity index is 422. The zero-order valence-corrected chi connectivity index (χ0v) is 11.8. The highest BCUT2D eigenvalue weighted by Gasteiger charge is 2.34. The number of nitrogens with one attached hydrogen (secondary N) is 1. The second-order valence-electron chi connectivity index (χ2n) is 4.71. The molecule has 2 unspecified atom stereocenters. The van der Waals surface area contributed by atoms with Crippen LogP contribution in [0.2, 0.25) is 5.02 Å². The van der Waals surface area contributed by atoms with Crippen molar-refractivity contribution >= 4 is 23.4 Å². The molecule has 94 valence electrons. The molecule has 0 saturated heterocycles. The van der Waals surface area contributed by atoms with Crippen molar-refractivity contribution in [3.8, 4) is 0 Å². The number of thioether (sulfide) groups is 1. The predicted molar refractivity (Wildman–Crippen MR) is 73.1 cm³/mol. The van der Waals surface area contributed by atoms with Gasteiger partial charge in [0, 0.05) is 27.6 Å². The number of benzene rings is 1. The molecule has 1 aromatic carbocycles. The van der Waals surface area contributed by atoms with Crippen LogP contribution in [0.25, 0.3) is 0 Å². The van der Waals surface area contributed by atoms with E-state index in [2.05, 4.69) is 19.2 Å². The van der Waals surface area contributed by atoms with Crippen LogP contribution in [0.15, 0.2) is 12.1 Å². The molecule has 0 spiro atoms. The van der Waals surface area contributed by atoms with Crippen molar-refractivity contribution in [1.82, 2.24) is 5.32 Å². The van der Waals surface area contributed by atoms with E-state index >= 15 is 0 Å². The molecule has 1 aromatic rings. The van der Waals surface area contributed by atoms with E-state index in [4.69, 9.17) is 11.6 Å². The van der Waals surface area contributed by atoms with Gasteiger partial charge in [0.1, 0.15) is 5.82 Å². The number of halogens is 2. The van der Waals surface area contributed by atoms with Gasteiger partial charge in [0.05, 0.1) is 0 Å². The summed E-state index contributed by atoms with van der Waals surface area (Å²) in [5.74, 6) is 1.16. The van der Waals surface area contributed by atoms with Crippen molar-refractivity contribution in [3.63, 3.8) is 0 Å². The minimum absolute atomic E-state index is 0.0439. The molecular weight excluding hydrogens is 257 g/mol. The first-order valence-corrected chi connectivity index (χ1v) is 7.24. The van der Waals surface area contributed by atoms with E-state index in [0.717, 1.165) is 16.9 Å². The summed E-state index contributed by atoms with van der Waals surface area (Å²) in [6.45, 7) is 4.35. The molecule has 4 heteroatoms. The van der Waals surface area contributed by atoms with Crippen molar-refractivity contribution in [2.24, 2.45) is 5.92 Å². The van der Waals surface area contributed by atoms with Crippen LogP contribution in [-0.2, 0) is 5.75 Å². The minimum atomic E-state index is -0.144. The Morgan fingerprint density at radius 3 is 2.76 bits per heavy atom. The quantitative estimate of drug-likeness (QED) is 0.874. The van der Waals surface area contributed by atoms with Crippen molar-refractivity contribution in [2.45, 2.75) is 30.9 Å². The average molecular weight is 274 g/mol. The fourth-order valence-corrected chi connectivity index (χ4v) is 4.25. The van der Waals surface area contributed by atoms with Crippen molar-refractivity contribution in [2.75, 3.05) is 7.05 Å². The lowest BCUT2D eigenvalue weighted by atomic mass is 9.92. The van der Waals surface area contributed by atoms with E-state index < -0.39 is 0 Å². The normalized spacial score (nSPS) is 23.9. The molecule has 0 radical (unpaired) electrons. The molecule has 2 rings (SSSR count). The van der Waals surface area contributed by atoms with Gasteiger partial charge in [0.2, 0.25) is 0 Å². The van der Waals surface area contributed by atoms with E-state index in [1.54, 1.807) is 6.07 Å². The highest BCUT2D eigenvalue weighted by atomic mass is 35.5. The third-order valence-electron chi connectivity index (χ3n) is 3.27. The molecule has 1 N–H and O–H groups in total. The topological polar surface area (TPSA) is 12.0 Å². The van der Waals surface area contributed by atoms with Gasteiger partial charge in [0.15, 0.2) is 0 Å². The molecule has 1 aliphatic rings. The lowest BCUT2D eigenvalue weighted by Gasteiger charge is -2.36. The summed E-state index contributed by atoms with van der Waals surface area (Å²) in [7, 11) is 1.88. The van der Waals surface area contributed by atoms with Gasteiger partial charge >= 0.3 is 0 Å².